The third-order valence-corrected chi connectivity index (χ3v) is 11.0. The summed E-state index contributed by atoms with van der Waals surface area (Å²) in [5.41, 5.74) is 17.0. The van der Waals surface area contributed by atoms with Crippen LogP contribution in [0.2, 0.25) is 0 Å². The van der Waals surface area contributed by atoms with Crippen LogP contribution in [-0.2, 0) is 6.42 Å². The molecule has 5 heterocycles. The van der Waals surface area contributed by atoms with Crippen LogP contribution in [0.5, 0.6) is 11.5 Å². The fourth-order valence-corrected chi connectivity index (χ4v) is 8.56. The summed E-state index contributed by atoms with van der Waals surface area (Å²) in [4.78, 5) is 8.48. The first kappa shape index (κ1) is 29.1. The second-order valence-corrected chi connectivity index (χ2v) is 13.8. The second-order valence-electron chi connectivity index (χ2n) is 13.8. The summed E-state index contributed by atoms with van der Waals surface area (Å²) < 4.78 is 9.28. The van der Waals surface area contributed by atoms with Crippen molar-refractivity contribution in [2.24, 2.45) is 0 Å². The van der Waals surface area contributed by atoms with Crippen LogP contribution in [0.3, 0.4) is 0 Å². The number of fused-ring (bicyclic) bond motifs is 7. The second kappa shape index (κ2) is 11.4. The molecule has 0 fully saturated rings. The molecule has 0 atom stereocenters. The minimum atomic E-state index is 0.0854. The zero-order valence-electron chi connectivity index (χ0n) is 28.2. The van der Waals surface area contributed by atoms with Crippen LogP contribution in [0.1, 0.15) is 11.1 Å². The lowest BCUT2D eigenvalue weighted by molar-refractivity contribution is 0.487. The van der Waals surface area contributed by atoms with Gasteiger partial charge in [-0.25, -0.2) is 0 Å². The van der Waals surface area contributed by atoms with E-state index in [0.717, 1.165) is 45.9 Å². The van der Waals surface area contributed by atoms with E-state index in [-0.39, 0.29) is 6.71 Å². The first-order valence-electron chi connectivity index (χ1n) is 17.8. The van der Waals surface area contributed by atoms with Gasteiger partial charge in [-0.2, -0.15) is 0 Å². The summed E-state index contributed by atoms with van der Waals surface area (Å²) in [5, 5.41) is 2.53. The maximum absolute atomic E-state index is 6.91. The molecule has 0 saturated heterocycles. The molecule has 9 aromatic rings. The maximum Gasteiger partial charge on any atom is 0.251 e. The largest absolute Gasteiger partial charge is 0.458 e. The van der Waals surface area contributed by atoms with Gasteiger partial charge in [0.2, 0.25) is 0 Å². The zero-order chi connectivity index (χ0) is 34.2. The third kappa shape index (κ3) is 4.49. The zero-order valence-corrected chi connectivity index (χ0v) is 28.2. The molecule has 2 aliphatic rings. The number of ether oxygens (including phenoxy) is 1. The van der Waals surface area contributed by atoms with Crippen LogP contribution in [0.15, 0.2) is 170 Å². The molecular weight excluding hydrogens is 633 g/mol. The Morgan fingerprint density at radius 2 is 1.00 bits per heavy atom. The molecule has 5 heteroatoms. The molecule has 3 aromatic heterocycles. The van der Waals surface area contributed by atoms with Gasteiger partial charge in [-0.1, -0.05) is 90.4 Å². The molecule has 0 spiro atoms. The lowest BCUT2D eigenvalue weighted by Crippen LogP contribution is -2.59. The van der Waals surface area contributed by atoms with Crippen molar-refractivity contribution in [1.29, 1.82) is 0 Å². The lowest BCUT2D eigenvalue weighted by atomic mass is 9.32. The van der Waals surface area contributed by atoms with Crippen molar-refractivity contribution >= 4 is 44.9 Å². The van der Waals surface area contributed by atoms with Crippen molar-refractivity contribution in [3.05, 3.63) is 182 Å². The molecule has 0 amide bonds. The molecule has 0 radical (unpaired) electrons. The molecule has 0 aliphatic carbocycles. The van der Waals surface area contributed by atoms with Gasteiger partial charge in [0.25, 0.3) is 6.71 Å². The fourth-order valence-electron chi connectivity index (χ4n) is 8.56. The van der Waals surface area contributed by atoms with E-state index in [4.69, 9.17) is 4.74 Å². The van der Waals surface area contributed by atoms with Crippen LogP contribution in [0.25, 0.3) is 60.9 Å². The smallest absolute Gasteiger partial charge is 0.251 e. The molecule has 4 nitrogen and oxygen atoms in total. The van der Waals surface area contributed by atoms with E-state index in [1.165, 1.54) is 60.4 Å². The Morgan fingerprint density at radius 3 is 1.67 bits per heavy atom. The van der Waals surface area contributed by atoms with E-state index in [2.05, 4.69) is 148 Å². The quantitative estimate of drug-likeness (QED) is 0.177. The average molecular weight is 664 g/mol. The molecular formula is C47H30BN3O. The van der Waals surface area contributed by atoms with E-state index < -0.39 is 0 Å². The number of hydrogen-bond acceptors (Lipinski definition) is 3. The normalized spacial score (nSPS) is 12.7. The van der Waals surface area contributed by atoms with Crippen molar-refractivity contribution in [2.45, 2.75) is 6.42 Å². The SMILES string of the molecule is c1ccc2c(c1)c1ccccc1n2-c1ccc(-c2cc3c4c(c2)Oc2cc(-c5ccncc5)ccc2B4c2ccc(-c4ccncc4)cc2C3)cc1. The van der Waals surface area contributed by atoms with Gasteiger partial charge in [0.1, 0.15) is 11.5 Å². The van der Waals surface area contributed by atoms with Crippen LogP contribution in [-0.4, -0.2) is 21.2 Å². The predicted octanol–water partition coefficient (Wildman–Crippen LogP) is 9.10. The Hall–Kier alpha value is -6.72. The number of benzene rings is 6. The molecule has 2 aliphatic heterocycles. The summed E-state index contributed by atoms with van der Waals surface area (Å²) >= 11 is 0. The van der Waals surface area contributed by atoms with E-state index in [0.29, 0.717) is 0 Å². The van der Waals surface area contributed by atoms with Gasteiger partial charge in [0.15, 0.2) is 0 Å². The molecule has 0 bridgehead atoms. The van der Waals surface area contributed by atoms with Crippen molar-refractivity contribution in [2.75, 3.05) is 0 Å². The number of pyridine rings is 2. The highest BCUT2D eigenvalue weighted by molar-refractivity contribution is 6.97. The number of rotatable bonds is 4. The number of para-hydroxylation sites is 2. The van der Waals surface area contributed by atoms with Gasteiger partial charge in [-0.15, -0.1) is 0 Å². The molecule has 6 aromatic carbocycles. The summed E-state index contributed by atoms with van der Waals surface area (Å²) in [6.45, 7) is 0.0854. The number of hydrogen-bond donors (Lipinski definition) is 0. The van der Waals surface area contributed by atoms with E-state index in [9.17, 15) is 0 Å². The molecule has 0 N–H and O–H groups in total. The van der Waals surface area contributed by atoms with Gasteiger partial charge in [0.05, 0.1) is 11.0 Å². The highest BCUT2D eigenvalue weighted by Crippen LogP contribution is 2.37. The summed E-state index contributed by atoms with van der Waals surface area (Å²) in [6.07, 6.45) is 8.25. The Labute approximate surface area is 301 Å². The minimum Gasteiger partial charge on any atom is -0.458 e. The lowest BCUT2D eigenvalue weighted by Gasteiger charge is -2.34. The summed E-state index contributed by atoms with van der Waals surface area (Å²) in [6, 6.07) is 52.9. The Morgan fingerprint density at radius 1 is 0.462 bits per heavy atom. The minimum absolute atomic E-state index is 0.0854. The first-order valence-corrected chi connectivity index (χ1v) is 17.8. The Bertz CT molecular complexity index is 2680. The molecule has 52 heavy (non-hydrogen) atoms. The van der Waals surface area contributed by atoms with Gasteiger partial charge in [-0.3, -0.25) is 9.97 Å². The van der Waals surface area contributed by atoms with E-state index in [1.54, 1.807) is 0 Å². The monoisotopic (exact) mass is 663 g/mol. The average Bonchev–Trinajstić information content (AvgIpc) is 3.55. The third-order valence-electron chi connectivity index (χ3n) is 11.0. The maximum atomic E-state index is 6.91. The molecule has 242 valence electrons. The van der Waals surface area contributed by atoms with Gasteiger partial charge < -0.3 is 9.30 Å². The fraction of sp³-hybridized carbons (Fsp3) is 0.0213. The van der Waals surface area contributed by atoms with Crippen molar-refractivity contribution in [3.63, 3.8) is 0 Å². The van der Waals surface area contributed by atoms with E-state index in [1.807, 2.05) is 36.9 Å². The summed E-state index contributed by atoms with van der Waals surface area (Å²) in [5.74, 6) is 1.84. The number of nitrogens with zero attached hydrogens (tertiary/aromatic N) is 3. The van der Waals surface area contributed by atoms with Crippen molar-refractivity contribution in [3.8, 4) is 50.6 Å². The van der Waals surface area contributed by atoms with Crippen LogP contribution >= 0.6 is 0 Å². The van der Waals surface area contributed by atoms with Gasteiger partial charge in [-0.05, 0) is 123 Å². The van der Waals surface area contributed by atoms with E-state index >= 15 is 0 Å². The van der Waals surface area contributed by atoms with Crippen LogP contribution in [0, 0.1) is 0 Å². The standard InChI is InChI=1S/C47H30BN3O/c1-3-7-43-39(5-1)40-6-2-4-8-44(40)51(43)38-13-9-30(10-14-38)35-26-37-27-36-25-33(31-17-21-49-22-18-31)11-15-41(36)48-42-16-12-34(32-19-23-50-24-20-32)28-45(42)52-46(29-35)47(37)48/h1-26,28-29H,27H2. The van der Waals surface area contributed by atoms with Crippen LogP contribution < -0.4 is 21.1 Å². The molecule has 11 rings (SSSR count). The Balaban J connectivity index is 1.05. The Kier molecular flexibility index (Phi) is 6.37. The number of aromatic nitrogens is 3. The topological polar surface area (TPSA) is 39.9 Å². The molecule has 0 unspecified atom stereocenters. The van der Waals surface area contributed by atoms with Gasteiger partial charge in [0, 0.05) is 41.2 Å². The van der Waals surface area contributed by atoms with Crippen LogP contribution in [0.4, 0.5) is 0 Å². The highest BCUT2D eigenvalue weighted by Gasteiger charge is 2.39. The van der Waals surface area contributed by atoms with Crippen molar-refractivity contribution in [1.82, 2.24) is 14.5 Å². The molecule has 0 saturated carbocycles. The van der Waals surface area contributed by atoms with Crippen molar-refractivity contribution < 1.29 is 4.74 Å². The predicted molar refractivity (Wildman–Crippen MR) is 213 cm³/mol. The summed E-state index contributed by atoms with van der Waals surface area (Å²) in [7, 11) is 0. The van der Waals surface area contributed by atoms with Gasteiger partial charge >= 0.3 is 0 Å². The first-order chi connectivity index (χ1) is 25.8. The highest BCUT2D eigenvalue weighted by atomic mass is 16.5.